The number of nitrogens with two attached hydrogens (primary N) is 1. The number of nitrogens with zero attached hydrogens (tertiary/aromatic N) is 3. The largest absolute Gasteiger partial charge is 0.496 e. The molecule has 0 unspecified atom stereocenters. The maximum atomic E-state index is 13.1. The van der Waals surface area contributed by atoms with Crippen molar-refractivity contribution >= 4 is 5.95 Å². The lowest BCUT2D eigenvalue weighted by Crippen LogP contribution is -2.07. The number of hydrogen-bond acceptors (Lipinski definition) is 4. The fraction of sp³-hybridized carbons (Fsp3) is 0.200. The quantitative estimate of drug-likeness (QED) is 0.843. The van der Waals surface area contributed by atoms with Gasteiger partial charge in [0.1, 0.15) is 17.9 Å². The summed E-state index contributed by atoms with van der Waals surface area (Å²) in [6.45, 7) is 0.326. The fourth-order valence-electron chi connectivity index (χ4n) is 1.43. The van der Waals surface area contributed by atoms with Crippen molar-refractivity contribution in [2.24, 2.45) is 0 Å². The molecule has 0 aliphatic rings. The molecule has 0 radical (unpaired) electrons. The Morgan fingerprint density at radius 3 is 2.94 bits per heavy atom. The van der Waals surface area contributed by atoms with Crippen LogP contribution in [0.1, 0.15) is 5.56 Å². The number of rotatable bonds is 3. The van der Waals surface area contributed by atoms with Crippen LogP contribution in [-0.4, -0.2) is 21.9 Å². The van der Waals surface area contributed by atoms with Crippen LogP contribution >= 0.6 is 0 Å². The van der Waals surface area contributed by atoms with Crippen molar-refractivity contribution in [3.8, 4) is 5.75 Å². The summed E-state index contributed by atoms with van der Waals surface area (Å²) in [6.07, 6.45) is 1.35. The van der Waals surface area contributed by atoms with Gasteiger partial charge in [0.05, 0.1) is 13.7 Å². The van der Waals surface area contributed by atoms with E-state index in [-0.39, 0.29) is 11.8 Å². The van der Waals surface area contributed by atoms with Crippen LogP contribution in [0.5, 0.6) is 5.75 Å². The predicted octanol–water partition coefficient (Wildman–Crippen LogP) is 1.06. The van der Waals surface area contributed by atoms with E-state index in [0.717, 1.165) is 0 Å². The van der Waals surface area contributed by atoms with Crippen LogP contribution < -0.4 is 10.5 Å². The van der Waals surface area contributed by atoms with Gasteiger partial charge in [-0.3, -0.25) is 0 Å². The molecule has 5 nitrogen and oxygen atoms in total. The third-order valence-electron chi connectivity index (χ3n) is 2.21. The topological polar surface area (TPSA) is 66.0 Å². The van der Waals surface area contributed by atoms with Crippen LogP contribution in [0.15, 0.2) is 24.5 Å². The van der Waals surface area contributed by atoms with Gasteiger partial charge in [-0.05, 0) is 18.2 Å². The number of anilines is 1. The lowest BCUT2D eigenvalue weighted by atomic mass is 10.2. The highest BCUT2D eigenvalue weighted by molar-refractivity contribution is 5.34. The van der Waals surface area contributed by atoms with Gasteiger partial charge in [-0.2, -0.15) is 5.10 Å². The number of hydrogen-bond donors (Lipinski definition) is 1. The zero-order valence-corrected chi connectivity index (χ0v) is 8.72. The van der Waals surface area contributed by atoms with Crippen molar-refractivity contribution in [3.63, 3.8) is 0 Å². The smallest absolute Gasteiger partial charge is 0.218 e. The first-order valence-electron chi connectivity index (χ1n) is 4.66. The van der Waals surface area contributed by atoms with Gasteiger partial charge < -0.3 is 10.5 Å². The van der Waals surface area contributed by atoms with E-state index in [1.54, 1.807) is 6.07 Å². The molecule has 16 heavy (non-hydrogen) atoms. The highest BCUT2D eigenvalue weighted by Gasteiger charge is 2.07. The van der Waals surface area contributed by atoms with Gasteiger partial charge in [0, 0.05) is 5.56 Å². The van der Waals surface area contributed by atoms with Gasteiger partial charge in [-0.1, -0.05) is 0 Å². The van der Waals surface area contributed by atoms with E-state index in [4.69, 9.17) is 10.5 Å². The Kier molecular flexibility index (Phi) is 2.72. The molecule has 6 heteroatoms. The number of aromatic nitrogens is 3. The standard InChI is InChI=1S/C10H11FN4O/c1-16-9-3-2-8(11)4-7(9)5-15-10(12)13-6-14-15/h2-4,6H,5H2,1H3,(H2,12,13,14). The van der Waals surface area contributed by atoms with Crippen molar-refractivity contribution in [1.82, 2.24) is 14.8 Å². The molecule has 0 fully saturated rings. The Hall–Kier alpha value is -2.11. The molecular weight excluding hydrogens is 211 g/mol. The van der Waals surface area contributed by atoms with Crippen LogP contribution in [0.2, 0.25) is 0 Å². The molecule has 0 saturated carbocycles. The minimum Gasteiger partial charge on any atom is -0.496 e. The zero-order chi connectivity index (χ0) is 11.5. The van der Waals surface area contributed by atoms with E-state index in [1.165, 1.54) is 30.3 Å². The molecule has 2 rings (SSSR count). The first-order valence-corrected chi connectivity index (χ1v) is 4.66. The number of halogens is 1. The Balaban J connectivity index is 2.33. The monoisotopic (exact) mass is 222 g/mol. The second kappa shape index (κ2) is 4.18. The SMILES string of the molecule is COc1ccc(F)cc1Cn1ncnc1N. The van der Waals surface area contributed by atoms with Crippen molar-refractivity contribution in [2.75, 3.05) is 12.8 Å². The summed E-state index contributed by atoms with van der Waals surface area (Å²) in [4.78, 5) is 3.79. The summed E-state index contributed by atoms with van der Waals surface area (Å²) in [6, 6.07) is 4.30. The molecule has 0 aliphatic carbocycles. The third kappa shape index (κ3) is 1.95. The van der Waals surface area contributed by atoms with Crippen LogP contribution in [0.25, 0.3) is 0 Å². The van der Waals surface area contributed by atoms with Crippen molar-refractivity contribution in [3.05, 3.63) is 35.9 Å². The summed E-state index contributed by atoms with van der Waals surface area (Å²) in [7, 11) is 1.53. The van der Waals surface area contributed by atoms with Crippen LogP contribution in [0.3, 0.4) is 0 Å². The van der Waals surface area contributed by atoms with Crippen LogP contribution in [-0.2, 0) is 6.54 Å². The average molecular weight is 222 g/mol. The summed E-state index contributed by atoms with van der Waals surface area (Å²) >= 11 is 0. The highest BCUT2D eigenvalue weighted by atomic mass is 19.1. The minimum absolute atomic E-state index is 0.284. The van der Waals surface area contributed by atoms with E-state index in [0.29, 0.717) is 17.9 Å². The third-order valence-corrected chi connectivity index (χ3v) is 2.21. The molecule has 0 amide bonds. The Morgan fingerprint density at radius 1 is 1.50 bits per heavy atom. The lowest BCUT2D eigenvalue weighted by molar-refractivity contribution is 0.406. The molecule has 2 aromatic rings. The average Bonchev–Trinajstić information content (AvgIpc) is 2.65. The van der Waals surface area contributed by atoms with Crippen LogP contribution in [0.4, 0.5) is 10.3 Å². The Morgan fingerprint density at radius 2 is 2.31 bits per heavy atom. The van der Waals surface area contributed by atoms with Gasteiger partial charge in [0.2, 0.25) is 5.95 Å². The number of methoxy groups -OCH3 is 1. The van der Waals surface area contributed by atoms with Crippen LogP contribution in [0, 0.1) is 5.82 Å². The zero-order valence-electron chi connectivity index (χ0n) is 8.72. The Bertz CT molecular complexity index is 497. The summed E-state index contributed by atoms with van der Waals surface area (Å²) in [5.74, 6) is 0.553. The first-order chi connectivity index (χ1) is 7.70. The molecular formula is C10H11FN4O. The maximum absolute atomic E-state index is 13.1. The van der Waals surface area contributed by atoms with E-state index in [2.05, 4.69) is 10.1 Å². The maximum Gasteiger partial charge on any atom is 0.218 e. The van der Waals surface area contributed by atoms with Gasteiger partial charge in [-0.15, -0.1) is 0 Å². The van der Waals surface area contributed by atoms with Crippen molar-refractivity contribution in [1.29, 1.82) is 0 Å². The molecule has 0 atom stereocenters. The van der Waals surface area contributed by atoms with Crippen molar-refractivity contribution < 1.29 is 9.13 Å². The van der Waals surface area contributed by atoms with E-state index in [1.807, 2.05) is 0 Å². The van der Waals surface area contributed by atoms with Gasteiger partial charge in [-0.25, -0.2) is 14.1 Å². The predicted molar refractivity (Wildman–Crippen MR) is 56.5 cm³/mol. The van der Waals surface area contributed by atoms with Gasteiger partial charge in [0.15, 0.2) is 0 Å². The van der Waals surface area contributed by atoms with Gasteiger partial charge >= 0.3 is 0 Å². The molecule has 2 N–H and O–H groups in total. The van der Waals surface area contributed by atoms with Crippen molar-refractivity contribution in [2.45, 2.75) is 6.54 Å². The molecule has 0 aliphatic heterocycles. The number of benzene rings is 1. The Labute approximate surface area is 91.7 Å². The lowest BCUT2D eigenvalue weighted by Gasteiger charge is -2.08. The highest BCUT2D eigenvalue weighted by Crippen LogP contribution is 2.20. The molecule has 1 aromatic carbocycles. The number of ether oxygens (including phenoxy) is 1. The second-order valence-electron chi connectivity index (χ2n) is 3.23. The fourth-order valence-corrected chi connectivity index (χ4v) is 1.43. The number of nitrogen functional groups attached to an aromatic ring is 1. The molecule has 1 aromatic heterocycles. The molecule has 0 bridgehead atoms. The summed E-state index contributed by atoms with van der Waals surface area (Å²) in [5, 5.41) is 3.92. The van der Waals surface area contributed by atoms with E-state index in [9.17, 15) is 4.39 Å². The summed E-state index contributed by atoms with van der Waals surface area (Å²) in [5.41, 5.74) is 6.24. The normalized spacial score (nSPS) is 10.4. The molecule has 0 saturated heterocycles. The molecule has 84 valence electrons. The molecule has 1 heterocycles. The van der Waals surface area contributed by atoms with Gasteiger partial charge in [0.25, 0.3) is 0 Å². The molecule has 0 spiro atoms. The second-order valence-corrected chi connectivity index (χ2v) is 3.23. The minimum atomic E-state index is -0.325. The van der Waals surface area contributed by atoms with E-state index < -0.39 is 0 Å². The van der Waals surface area contributed by atoms with E-state index >= 15 is 0 Å². The summed E-state index contributed by atoms with van der Waals surface area (Å²) < 4.78 is 19.7. The first kappa shape index (κ1) is 10.4.